The van der Waals surface area contributed by atoms with Crippen molar-refractivity contribution in [2.45, 2.75) is 80.1 Å². The Morgan fingerprint density at radius 1 is 1.09 bits per heavy atom. The molecule has 5 nitrogen and oxygen atoms in total. The number of hydrogen-bond donors (Lipinski definition) is 2. The van der Waals surface area contributed by atoms with Gasteiger partial charge in [-0.3, -0.25) is 9.59 Å². The van der Waals surface area contributed by atoms with E-state index >= 15 is 0 Å². The molecule has 2 aliphatic carbocycles. The number of allylic oxidation sites excluding steroid dienone is 2. The molecule has 1 saturated carbocycles. The minimum atomic E-state index is -0.633. The van der Waals surface area contributed by atoms with Gasteiger partial charge in [0, 0.05) is 25.2 Å². The zero-order chi connectivity index (χ0) is 24.2. The van der Waals surface area contributed by atoms with Crippen LogP contribution in [-0.4, -0.2) is 29.7 Å². The van der Waals surface area contributed by atoms with Gasteiger partial charge in [-0.2, -0.15) is 0 Å². The molecule has 0 heterocycles. The predicted molar refractivity (Wildman–Crippen MR) is 129 cm³/mol. The van der Waals surface area contributed by atoms with Gasteiger partial charge in [0.25, 0.3) is 0 Å². The van der Waals surface area contributed by atoms with Crippen molar-refractivity contribution in [2.24, 2.45) is 17.3 Å². The molecule has 176 valence electrons. The molecule has 3 rings (SSSR count). The number of hydrogen-bond acceptors (Lipinski definition) is 5. The summed E-state index contributed by atoms with van der Waals surface area (Å²) < 4.78 is 6.01. The summed E-state index contributed by atoms with van der Waals surface area (Å²) in [7, 11) is 1.00. The number of nitrogens with one attached hydrogen (secondary N) is 1. The highest BCUT2D eigenvalue weighted by Gasteiger charge is 2.40. The van der Waals surface area contributed by atoms with Crippen molar-refractivity contribution in [1.29, 1.82) is 5.41 Å². The second-order valence-corrected chi connectivity index (χ2v) is 10.3. The highest BCUT2D eigenvalue weighted by Crippen LogP contribution is 2.44. The van der Waals surface area contributed by atoms with E-state index in [1.165, 1.54) is 0 Å². The summed E-state index contributed by atoms with van der Waals surface area (Å²) in [5, 5.41) is 14.9. The molecule has 1 atom stereocenters. The minimum absolute atomic E-state index is 0.0591. The lowest BCUT2D eigenvalue weighted by molar-refractivity contribution is -0.149. The molecular formula is C27H39NO4. The van der Waals surface area contributed by atoms with Gasteiger partial charge < -0.3 is 15.3 Å². The van der Waals surface area contributed by atoms with Crippen LogP contribution in [0, 0.1) is 43.4 Å². The quantitative estimate of drug-likeness (QED) is 0.586. The number of rotatable bonds is 4. The van der Waals surface area contributed by atoms with Crippen LogP contribution in [0.1, 0.15) is 81.5 Å². The Kier molecular flexibility index (Phi) is 8.58. The number of carbonyl (C=O) groups excluding carboxylic acids is 2. The van der Waals surface area contributed by atoms with E-state index in [4.69, 9.17) is 15.3 Å². The van der Waals surface area contributed by atoms with Crippen molar-refractivity contribution in [2.75, 3.05) is 7.11 Å². The molecule has 2 N–H and O–H groups in total. The van der Waals surface area contributed by atoms with E-state index in [0.717, 1.165) is 67.2 Å². The summed E-state index contributed by atoms with van der Waals surface area (Å²) >= 11 is 0. The van der Waals surface area contributed by atoms with Crippen molar-refractivity contribution in [3.05, 3.63) is 40.1 Å². The molecule has 0 amide bonds. The summed E-state index contributed by atoms with van der Waals surface area (Å²) in [5.74, 6) is 0.782. The molecule has 0 saturated heterocycles. The average molecular weight is 442 g/mol. The second-order valence-electron chi connectivity index (χ2n) is 10.3. The van der Waals surface area contributed by atoms with Crippen LogP contribution in [-0.2, 0) is 14.3 Å². The maximum atomic E-state index is 13.2. The topological polar surface area (TPSA) is 87.4 Å². The van der Waals surface area contributed by atoms with Crippen molar-refractivity contribution >= 4 is 23.0 Å². The van der Waals surface area contributed by atoms with Crippen LogP contribution in [0.3, 0.4) is 0 Å². The molecule has 1 unspecified atom stereocenters. The summed E-state index contributed by atoms with van der Waals surface area (Å²) in [6.45, 7) is 11.6. The first-order valence-electron chi connectivity index (χ1n) is 11.6. The predicted octanol–water partition coefficient (Wildman–Crippen LogP) is 5.71. The van der Waals surface area contributed by atoms with Crippen LogP contribution in [0.5, 0.6) is 0 Å². The number of ether oxygens (including phenoxy) is 1. The number of aliphatic hydroxyl groups excluding tert-OH is 1. The van der Waals surface area contributed by atoms with Gasteiger partial charge in [0.05, 0.1) is 11.0 Å². The van der Waals surface area contributed by atoms with Gasteiger partial charge in [-0.15, -0.1) is 0 Å². The van der Waals surface area contributed by atoms with Crippen LogP contribution >= 0.6 is 0 Å². The Balaban J connectivity index is 0.00000176. The van der Waals surface area contributed by atoms with Crippen LogP contribution in [0.25, 0.3) is 5.57 Å². The van der Waals surface area contributed by atoms with Gasteiger partial charge >= 0.3 is 5.97 Å². The van der Waals surface area contributed by atoms with E-state index in [1.807, 2.05) is 34.6 Å². The van der Waals surface area contributed by atoms with E-state index in [0.29, 0.717) is 23.7 Å². The lowest BCUT2D eigenvalue weighted by Crippen LogP contribution is -2.25. The van der Waals surface area contributed by atoms with Crippen LogP contribution in [0.2, 0.25) is 0 Å². The number of ketones is 1. The number of aryl methyl sites for hydroxylation is 3. The first-order chi connectivity index (χ1) is 15.0. The molecule has 1 aromatic carbocycles. The number of benzene rings is 1. The highest BCUT2D eigenvalue weighted by molar-refractivity contribution is 6.24. The van der Waals surface area contributed by atoms with Crippen LogP contribution in [0.4, 0.5) is 0 Å². The van der Waals surface area contributed by atoms with Gasteiger partial charge in [-0.25, -0.2) is 0 Å². The smallest absolute Gasteiger partial charge is 0.316 e. The molecule has 2 aliphatic rings. The van der Waals surface area contributed by atoms with Crippen molar-refractivity contribution in [3.63, 3.8) is 0 Å². The second kappa shape index (κ2) is 10.6. The summed E-state index contributed by atoms with van der Waals surface area (Å²) in [6.07, 6.45) is 4.91. The summed E-state index contributed by atoms with van der Waals surface area (Å²) in [4.78, 5) is 26.0. The fourth-order valence-corrected chi connectivity index (χ4v) is 4.84. The largest absolute Gasteiger partial charge is 0.430 e. The number of Topliss-reactive ketones (excluding diaryl/α,β-unsaturated/α-hetero) is 1. The number of carbonyl (C=O) groups is 2. The monoisotopic (exact) mass is 441 g/mol. The average Bonchev–Trinajstić information content (AvgIpc) is 2.99. The first-order valence-corrected chi connectivity index (χ1v) is 11.6. The van der Waals surface area contributed by atoms with E-state index in [1.54, 1.807) is 0 Å². The fourth-order valence-electron chi connectivity index (χ4n) is 4.84. The van der Waals surface area contributed by atoms with Gasteiger partial charge in [0.2, 0.25) is 0 Å². The molecule has 0 spiro atoms. The lowest BCUT2D eigenvalue weighted by Gasteiger charge is -2.27. The van der Waals surface area contributed by atoms with Crippen molar-refractivity contribution in [3.8, 4) is 0 Å². The van der Waals surface area contributed by atoms with Gasteiger partial charge in [0.15, 0.2) is 5.78 Å². The molecule has 0 aromatic heterocycles. The zero-order valence-corrected chi connectivity index (χ0v) is 20.7. The molecule has 0 bridgehead atoms. The lowest BCUT2D eigenvalue weighted by atomic mass is 9.81. The molecule has 0 radical (unpaired) electrons. The zero-order valence-electron chi connectivity index (χ0n) is 20.7. The third-order valence-corrected chi connectivity index (χ3v) is 6.40. The van der Waals surface area contributed by atoms with E-state index in [2.05, 4.69) is 19.1 Å². The Bertz CT molecular complexity index is 887. The Hall–Kier alpha value is -2.27. The van der Waals surface area contributed by atoms with Crippen LogP contribution in [0.15, 0.2) is 17.9 Å². The standard InChI is InChI=1S/C26H35NO3.CH4O/c1-15-11-16(2)22(17(3)12-15)23-21(28)14-19(13-18-7-9-20(27)10-8-18)24(23)30-25(29)26(4,5)6;1-2/h11-12,18-19,27H,7-10,13-14H2,1-6H3;2H,1H3. The highest BCUT2D eigenvalue weighted by atomic mass is 16.5. The maximum Gasteiger partial charge on any atom is 0.316 e. The van der Waals surface area contributed by atoms with Gasteiger partial charge in [0.1, 0.15) is 5.76 Å². The Labute approximate surface area is 192 Å². The Morgan fingerprint density at radius 3 is 2.12 bits per heavy atom. The third-order valence-electron chi connectivity index (χ3n) is 6.40. The van der Waals surface area contributed by atoms with Crippen molar-refractivity contribution in [1.82, 2.24) is 0 Å². The van der Waals surface area contributed by atoms with Gasteiger partial charge in [-0.1, -0.05) is 17.7 Å². The molecular weight excluding hydrogens is 402 g/mol. The van der Waals surface area contributed by atoms with Crippen molar-refractivity contribution < 1.29 is 19.4 Å². The first kappa shape index (κ1) is 26.0. The normalized spacial score (nSPS) is 21.4. The van der Waals surface area contributed by atoms with E-state index in [-0.39, 0.29) is 17.7 Å². The number of aliphatic hydroxyl groups is 1. The van der Waals surface area contributed by atoms with E-state index in [9.17, 15) is 9.59 Å². The summed E-state index contributed by atoms with van der Waals surface area (Å²) in [5.41, 5.74) is 4.99. The molecule has 5 heteroatoms. The fraction of sp³-hybridized carbons (Fsp3) is 0.593. The van der Waals surface area contributed by atoms with Gasteiger partial charge in [-0.05, 0) is 96.3 Å². The third kappa shape index (κ3) is 5.94. The SMILES string of the molecule is CO.Cc1cc(C)c(C2=C(OC(=O)C(C)(C)C)C(CC3CCC(=N)CC3)CC2=O)c(C)c1. The maximum absolute atomic E-state index is 13.2. The van der Waals surface area contributed by atoms with Crippen LogP contribution < -0.4 is 0 Å². The summed E-state index contributed by atoms with van der Waals surface area (Å²) in [6, 6.07) is 4.18. The Morgan fingerprint density at radius 2 is 1.62 bits per heavy atom. The minimum Gasteiger partial charge on any atom is -0.430 e. The number of esters is 1. The molecule has 1 fully saturated rings. The van der Waals surface area contributed by atoms with E-state index < -0.39 is 5.41 Å². The molecule has 32 heavy (non-hydrogen) atoms. The molecule has 1 aromatic rings. The molecule has 0 aliphatic heterocycles.